The molecule has 0 bridgehead atoms. The number of hydrogen-bond donors (Lipinski definition) is 0. The first-order valence-electron chi connectivity index (χ1n) is 4.21. The number of alkyl halides is 13. The molecule has 0 rings (SSSR count). The second-order valence-corrected chi connectivity index (χ2v) is 3.77. The third-order valence-electron chi connectivity index (χ3n) is 2.53. The van der Waals surface area contributed by atoms with Gasteiger partial charge in [0.05, 0.1) is 0 Å². The first kappa shape index (κ1) is 19.1. The molecule has 0 aliphatic heterocycles. The number of rotatable bonds is 2. The fourth-order valence-corrected chi connectivity index (χ4v) is 1.12. The van der Waals surface area contributed by atoms with Crippen LogP contribution in [0.2, 0.25) is 0 Å². The molecule has 0 spiro atoms. The molecule has 0 fully saturated rings. The number of halogens is 13. The maximum absolute atomic E-state index is 12.7. The minimum atomic E-state index is -7.38. The van der Waals surface area contributed by atoms with Crippen LogP contribution in [0, 0.1) is 5.41 Å². The van der Waals surface area contributed by atoms with Crippen LogP contribution in [0.15, 0.2) is 0 Å². The van der Waals surface area contributed by atoms with Crippen LogP contribution in [0.1, 0.15) is 6.92 Å². The first-order valence-corrected chi connectivity index (χ1v) is 4.21. The Morgan fingerprint density at radius 1 is 0.400 bits per heavy atom. The summed E-state index contributed by atoms with van der Waals surface area (Å²) in [4.78, 5) is 0. The van der Waals surface area contributed by atoms with Crippen LogP contribution in [0.5, 0.6) is 0 Å². The third-order valence-corrected chi connectivity index (χ3v) is 2.53. The molecular formula is C7H3F13. The van der Waals surface area contributed by atoms with Gasteiger partial charge in [-0.2, -0.15) is 57.1 Å². The van der Waals surface area contributed by atoms with Gasteiger partial charge in [0.1, 0.15) is 0 Å². The molecule has 0 heterocycles. The third kappa shape index (κ3) is 2.28. The highest BCUT2D eigenvalue weighted by Crippen LogP contribution is 2.65. The highest BCUT2D eigenvalue weighted by Gasteiger charge is 2.90. The molecule has 13 heteroatoms. The number of hydrogen-bond acceptors (Lipinski definition) is 0. The zero-order valence-electron chi connectivity index (χ0n) is 8.91. The molecule has 0 nitrogen and oxygen atoms in total. The monoisotopic (exact) mass is 334 g/mol. The summed E-state index contributed by atoms with van der Waals surface area (Å²) in [6, 6.07) is 0. The predicted molar refractivity (Wildman–Crippen MR) is 36.2 cm³/mol. The fraction of sp³-hybridized carbons (Fsp3) is 1.00. The van der Waals surface area contributed by atoms with E-state index in [0.717, 1.165) is 0 Å². The molecule has 0 unspecified atom stereocenters. The van der Waals surface area contributed by atoms with Crippen molar-refractivity contribution in [1.82, 2.24) is 0 Å². The lowest BCUT2D eigenvalue weighted by atomic mass is 9.75. The predicted octanol–water partition coefficient (Wildman–Crippen LogP) is 4.95. The van der Waals surface area contributed by atoms with E-state index in [4.69, 9.17) is 0 Å². The van der Waals surface area contributed by atoms with Gasteiger partial charge in [0.25, 0.3) is 0 Å². The van der Waals surface area contributed by atoms with E-state index in [0.29, 0.717) is 0 Å². The van der Waals surface area contributed by atoms with Crippen molar-refractivity contribution in [3.05, 3.63) is 0 Å². The van der Waals surface area contributed by atoms with Gasteiger partial charge in [0.15, 0.2) is 0 Å². The van der Waals surface area contributed by atoms with Crippen LogP contribution in [0.4, 0.5) is 57.1 Å². The molecular weight excluding hydrogens is 331 g/mol. The van der Waals surface area contributed by atoms with E-state index in [1.165, 1.54) is 0 Å². The lowest BCUT2D eigenvalue weighted by Crippen LogP contribution is -2.69. The van der Waals surface area contributed by atoms with E-state index >= 15 is 0 Å². The molecule has 0 saturated carbocycles. The van der Waals surface area contributed by atoms with Gasteiger partial charge in [-0.25, -0.2) is 0 Å². The van der Waals surface area contributed by atoms with Crippen molar-refractivity contribution >= 4 is 0 Å². The van der Waals surface area contributed by atoms with Crippen molar-refractivity contribution in [2.24, 2.45) is 5.41 Å². The van der Waals surface area contributed by atoms with Gasteiger partial charge in [0.2, 0.25) is 5.41 Å². The quantitative estimate of drug-likeness (QED) is 0.627. The maximum atomic E-state index is 12.7. The molecule has 0 radical (unpaired) electrons. The maximum Gasteiger partial charge on any atom is 0.454 e. The lowest BCUT2D eigenvalue weighted by Gasteiger charge is -2.44. The Morgan fingerprint density at radius 3 is 0.700 bits per heavy atom. The van der Waals surface area contributed by atoms with E-state index in [9.17, 15) is 57.1 Å². The topological polar surface area (TPSA) is 0 Å². The standard InChI is InChI=1S/C7H3F13/c1-2(5(12,13)14,3(8,9)6(15,16)17)4(10,11)7(18,19)20/h1H3. The molecule has 0 saturated heterocycles. The van der Waals surface area contributed by atoms with E-state index in [1.807, 2.05) is 0 Å². The Bertz CT molecular complexity index is 326. The van der Waals surface area contributed by atoms with E-state index in [-0.39, 0.29) is 0 Å². The average molecular weight is 334 g/mol. The summed E-state index contributed by atoms with van der Waals surface area (Å²) in [6.07, 6.45) is -21.7. The highest BCUT2D eigenvalue weighted by atomic mass is 19.4. The SMILES string of the molecule is CC(C(F)(F)F)(C(F)(F)C(F)(F)F)C(F)(F)C(F)(F)F. The molecule has 0 aliphatic carbocycles. The van der Waals surface area contributed by atoms with E-state index in [2.05, 4.69) is 0 Å². The molecule has 0 amide bonds. The summed E-state index contributed by atoms with van der Waals surface area (Å²) >= 11 is 0. The van der Waals surface area contributed by atoms with Gasteiger partial charge in [-0.05, 0) is 6.92 Å². The average Bonchev–Trinajstić information content (AvgIpc) is 2.10. The molecule has 0 atom stereocenters. The largest absolute Gasteiger partial charge is 0.454 e. The van der Waals surface area contributed by atoms with Crippen molar-refractivity contribution < 1.29 is 57.1 Å². The van der Waals surface area contributed by atoms with Crippen LogP contribution >= 0.6 is 0 Å². The fourth-order valence-electron chi connectivity index (χ4n) is 1.12. The Morgan fingerprint density at radius 2 is 0.600 bits per heavy atom. The van der Waals surface area contributed by atoms with E-state index < -0.39 is 42.7 Å². The molecule has 0 aromatic rings. The van der Waals surface area contributed by atoms with Crippen molar-refractivity contribution in [3.63, 3.8) is 0 Å². The van der Waals surface area contributed by atoms with Gasteiger partial charge in [-0.15, -0.1) is 0 Å². The molecule has 122 valence electrons. The Kier molecular flexibility index (Phi) is 4.10. The second kappa shape index (κ2) is 4.29. The van der Waals surface area contributed by atoms with Crippen LogP contribution in [0.3, 0.4) is 0 Å². The van der Waals surface area contributed by atoms with Crippen molar-refractivity contribution in [2.75, 3.05) is 0 Å². The van der Waals surface area contributed by atoms with Crippen molar-refractivity contribution in [1.29, 1.82) is 0 Å². The summed E-state index contributed by atoms with van der Waals surface area (Å²) in [5, 5.41) is 0. The summed E-state index contributed by atoms with van der Waals surface area (Å²) in [5.41, 5.74) is -6.72. The van der Waals surface area contributed by atoms with Gasteiger partial charge >= 0.3 is 30.4 Å². The molecule has 0 N–H and O–H groups in total. The molecule has 0 aliphatic rings. The lowest BCUT2D eigenvalue weighted by molar-refractivity contribution is -0.458. The smallest absolute Gasteiger partial charge is 0.195 e. The molecule has 0 aromatic carbocycles. The van der Waals surface area contributed by atoms with Crippen molar-refractivity contribution in [2.45, 2.75) is 37.3 Å². The van der Waals surface area contributed by atoms with Gasteiger partial charge in [-0.1, -0.05) is 0 Å². The first-order chi connectivity index (χ1) is 8.25. The summed E-state index contributed by atoms with van der Waals surface area (Å²) in [6.45, 7) is -1.53. The normalized spacial score (nSPS) is 16.5. The molecule has 0 aromatic heterocycles. The summed E-state index contributed by atoms with van der Waals surface area (Å²) < 4.78 is 158. The Balaban J connectivity index is 6.50. The van der Waals surface area contributed by atoms with Gasteiger partial charge < -0.3 is 0 Å². The Hall–Kier alpha value is -0.910. The Labute approximate surface area is 101 Å². The van der Waals surface area contributed by atoms with Crippen LogP contribution in [-0.4, -0.2) is 30.4 Å². The zero-order chi connectivity index (χ0) is 17.0. The van der Waals surface area contributed by atoms with E-state index in [1.54, 1.807) is 0 Å². The highest BCUT2D eigenvalue weighted by molar-refractivity contribution is 5.09. The van der Waals surface area contributed by atoms with Crippen LogP contribution in [-0.2, 0) is 0 Å². The second-order valence-electron chi connectivity index (χ2n) is 3.77. The van der Waals surface area contributed by atoms with Gasteiger partial charge in [-0.3, -0.25) is 0 Å². The summed E-state index contributed by atoms with van der Waals surface area (Å²) in [7, 11) is 0. The van der Waals surface area contributed by atoms with Crippen LogP contribution < -0.4 is 0 Å². The minimum Gasteiger partial charge on any atom is -0.195 e. The molecule has 20 heavy (non-hydrogen) atoms. The van der Waals surface area contributed by atoms with Gasteiger partial charge in [0, 0.05) is 0 Å². The van der Waals surface area contributed by atoms with Crippen molar-refractivity contribution in [3.8, 4) is 0 Å². The van der Waals surface area contributed by atoms with Crippen LogP contribution in [0.25, 0.3) is 0 Å². The zero-order valence-corrected chi connectivity index (χ0v) is 8.91. The minimum absolute atomic E-state index is 1.53. The summed E-state index contributed by atoms with van der Waals surface area (Å²) in [5.74, 6) is -14.8.